The molecule has 1 aliphatic heterocycles. The Bertz CT molecular complexity index is 1430. The van der Waals surface area contributed by atoms with E-state index in [2.05, 4.69) is 20.9 Å². The van der Waals surface area contributed by atoms with Crippen molar-refractivity contribution >= 4 is 34.3 Å². The van der Waals surface area contributed by atoms with Crippen LogP contribution in [0.25, 0.3) is 10.9 Å². The molecule has 0 saturated carbocycles. The molecule has 2 heterocycles. The molecule has 1 unspecified atom stereocenters. The highest BCUT2D eigenvalue weighted by Gasteiger charge is 2.29. The lowest BCUT2D eigenvalue weighted by atomic mass is 9.90. The normalized spacial score (nSPS) is 15.9. The number of aromatic nitrogens is 1. The second-order valence-electron chi connectivity index (χ2n) is 8.68. The third kappa shape index (κ3) is 4.65. The number of hydrogen-bond acceptors (Lipinski definition) is 4. The van der Waals surface area contributed by atoms with Crippen molar-refractivity contribution < 1.29 is 19.1 Å². The molecule has 182 valence electrons. The second-order valence-corrected chi connectivity index (χ2v) is 8.68. The molecule has 3 aromatic carbocycles. The van der Waals surface area contributed by atoms with Crippen molar-refractivity contribution in [1.82, 2.24) is 15.6 Å². The van der Waals surface area contributed by atoms with E-state index in [0.29, 0.717) is 17.8 Å². The zero-order chi connectivity index (χ0) is 25.1. The number of benzene rings is 3. The van der Waals surface area contributed by atoms with Crippen LogP contribution >= 0.6 is 0 Å². The predicted molar refractivity (Wildman–Crippen MR) is 137 cm³/mol. The van der Waals surface area contributed by atoms with Gasteiger partial charge in [-0.3, -0.25) is 14.4 Å². The highest BCUT2D eigenvalue weighted by atomic mass is 16.5. The molecule has 0 radical (unpaired) electrons. The molecule has 4 aromatic rings. The number of hydrogen-bond donors (Lipinski definition) is 4. The fraction of sp³-hybridized carbons (Fsp3) is 0.179. The summed E-state index contributed by atoms with van der Waals surface area (Å²) in [4.78, 5) is 41.5. The quantitative estimate of drug-likeness (QED) is 0.323. The van der Waals surface area contributed by atoms with Crippen molar-refractivity contribution in [2.24, 2.45) is 0 Å². The van der Waals surface area contributed by atoms with Crippen LogP contribution in [-0.2, 0) is 9.59 Å². The number of methoxy groups -OCH3 is 1. The topological polar surface area (TPSA) is 112 Å². The Labute approximate surface area is 208 Å². The smallest absolute Gasteiger partial charge is 0.254 e. The van der Waals surface area contributed by atoms with Gasteiger partial charge in [0.15, 0.2) is 0 Å². The molecule has 0 fully saturated rings. The van der Waals surface area contributed by atoms with Crippen LogP contribution in [0.15, 0.2) is 79.0 Å². The van der Waals surface area contributed by atoms with Crippen LogP contribution in [0.4, 0.5) is 5.69 Å². The van der Waals surface area contributed by atoms with E-state index in [9.17, 15) is 14.4 Å². The molecule has 4 N–H and O–H groups in total. The Balaban J connectivity index is 1.33. The van der Waals surface area contributed by atoms with Crippen LogP contribution in [0.5, 0.6) is 5.75 Å². The van der Waals surface area contributed by atoms with Gasteiger partial charge in [0, 0.05) is 29.6 Å². The molecule has 3 amide bonds. The van der Waals surface area contributed by atoms with Crippen LogP contribution in [0.1, 0.15) is 33.8 Å². The standard InChI is InChI=1S/C28H26N4O4/c1-36-18-12-10-17(11-13-18)21(22-16-29-23-8-4-2-6-19(22)23)15-30-26(33)14-25-28(35)31-24-9-5-3-7-20(24)27(34)32-25/h2-13,16,21,25,29H,14-15H2,1H3,(H,30,33)(H,31,35)(H,32,34)/t21?,25-/m0/s1. The van der Waals surface area contributed by atoms with E-state index in [1.807, 2.05) is 54.7 Å². The van der Waals surface area contributed by atoms with Gasteiger partial charge in [0.25, 0.3) is 5.91 Å². The number of ether oxygens (including phenoxy) is 1. The summed E-state index contributed by atoms with van der Waals surface area (Å²) in [5.41, 5.74) is 3.87. The van der Waals surface area contributed by atoms with Gasteiger partial charge in [-0.2, -0.15) is 0 Å². The number of H-pyrrole nitrogens is 1. The fourth-order valence-corrected chi connectivity index (χ4v) is 4.55. The largest absolute Gasteiger partial charge is 0.497 e. The van der Waals surface area contributed by atoms with E-state index < -0.39 is 17.9 Å². The predicted octanol–water partition coefficient (Wildman–Crippen LogP) is 3.57. The Hall–Kier alpha value is -4.59. The lowest BCUT2D eigenvalue weighted by Gasteiger charge is -2.20. The average Bonchev–Trinajstić information content (AvgIpc) is 3.28. The summed E-state index contributed by atoms with van der Waals surface area (Å²) in [6, 6.07) is 21.5. The highest BCUT2D eigenvalue weighted by molar-refractivity contribution is 6.10. The van der Waals surface area contributed by atoms with E-state index in [4.69, 9.17) is 4.74 Å². The van der Waals surface area contributed by atoms with E-state index in [1.54, 1.807) is 31.4 Å². The summed E-state index contributed by atoms with van der Waals surface area (Å²) in [7, 11) is 1.62. The first-order valence-corrected chi connectivity index (χ1v) is 11.7. The SMILES string of the molecule is COc1ccc(C(CNC(=O)C[C@@H]2NC(=O)c3ccccc3NC2=O)c2c[nH]c3ccccc23)cc1. The van der Waals surface area contributed by atoms with Crippen LogP contribution in [0, 0.1) is 0 Å². The van der Waals surface area contributed by atoms with Crippen molar-refractivity contribution in [3.63, 3.8) is 0 Å². The van der Waals surface area contributed by atoms with E-state index in [-0.39, 0.29) is 18.2 Å². The van der Waals surface area contributed by atoms with Crippen molar-refractivity contribution in [3.05, 3.63) is 95.7 Å². The first kappa shape index (κ1) is 23.2. The number of rotatable bonds is 7. The lowest BCUT2D eigenvalue weighted by Crippen LogP contribution is -2.45. The van der Waals surface area contributed by atoms with Gasteiger partial charge in [-0.05, 0) is 41.5 Å². The Morgan fingerprint density at radius 2 is 1.75 bits per heavy atom. The first-order valence-electron chi connectivity index (χ1n) is 11.7. The monoisotopic (exact) mass is 482 g/mol. The number of carbonyl (C=O) groups is 3. The van der Waals surface area contributed by atoms with Gasteiger partial charge >= 0.3 is 0 Å². The molecular weight excluding hydrogens is 456 g/mol. The molecule has 8 heteroatoms. The number of amides is 3. The number of para-hydroxylation sites is 2. The van der Waals surface area contributed by atoms with Gasteiger partial charge in [-0.25, -0.2) is 0 Å². The maximum Gasteiger partial charge on any atom is 0.254 e. The average molecular weight is 483 g/mol. The van der Waals surface area contributed by atoms with Crippen molar-refractivity contribution in [2.45, 2.75) is 18.4 Å². The molecule has 2 atom stereocenters. The number of carbonyl (C=O) groups excluding carboxylic acids is 3. The van der Waals surface area contributed by atoms with Crippen molar-refractivity contribution in [1.29, 1.82) is 0 Å². The highest BCUT2D eigenvalue weighted by Crippen LogP contribution is 2.31. The second kappa shape index (κ2) is 9.95. The molecule has 0 bridgehead atoms. The molecule has 0 aliphatic carbocycles. The van der Waals surface area contributed by atoms with Gasteiger partial charge in [0.05, 0.1) is 24.8 Å². The summed E-state index contributed by atoms with van der Waals surface area (Å²) in [5.74, 6) is -0.544. The number of nitrogens with one attached hydrogen (secondary N) is 4. The molecular formula is C28H26N4O4. The maximum absolute atomic E-state index is 12.9. The van der Waals surface area contributed by atoms with E-state index in [0.717, 1.165) is 27.8 Å². The molecule has 8 nitrogen and oxygen atoms in total. The van der Waals surface area contributed by atoms with Gasteiger partial charge in [0.1, 0.15) is 11.8 Å². The Morgan fingerprint density at radius 3 is 2.56 bits per heavy atom. The van der Waals surface area contributed by atoms with E-state index in [1.165, 1.54) is 0 Å². The van der Waals surface area contributed by atoms with Crippen LogP contribution in [0.3, 0.4) is 0 Å². The van der Waals surface area contributed by atoms with Crippen molar-refractivity contribution in [3.8, 4) is 5.75 Å². The lowest BCUT2D eigenvalue weighted by molar-refractivity contribution is -0.125. The summed E-state index contributed by atoms with van der Waals surface area (Å²) in [6.07, 6.45) is 1.79. The summed E-state index contributed by atoms with van der Waals surface area (Å²) in [6.45, 7) is 0.315. The fourth-order valence-electron chi connectivity index (χ4n) is 4.55. The number of aromatic amines is 1. The Kier molecular flexibility index (Phi) is 6.40. The van der Waals surface area contributed by atoms with Gasteiger partial charge in [-0.1, -0.05) is 42.5 Å². The zero-order valence-electron chi connectivity index (χ0n) is 19.7. The third-order valence-electron chi connectivity index (χ3n) is 6.46. The van der Waals surface area contributed by atoms with E-state index >= 15 is 0 Å². The summed E-state index contributed by atoms with van der Waals surface area (Å²) in [5, 5.41) is 9.44. The van der Waals surface area contributed by atoms with Crippen LogP contribution in [0.2, 0.25) is 0 Å². The van der Waals surface area contributed by atoms with Gasteiger partial charge in [-0.15, -0.1) is 0 Å². The van der Waals surface area contributed by atoms with Gasteiger partial charge in [0.2, 0.25) is 11.8 Å². The molecule has 1 aromatic heterocycles. The molecule has 5 rings (SSSR count). The number of anilines is 1. The minimum absolute atomic E-state index is 0.141. The van der Waals surface area contributed by atoms with Crippen LogP contribution < -0.4 is 20.7 Å². The van der Waals surface area contributed by atoms with Crippen molar-refractivity contribution in [2.75, 3.05) is 19.0 Å². The Morgan fingerprint density at radius 1 is 1.00 bits per heavy atom. The minimum atomic E-state index is -0.975. The molecule has 1 aliphatic rings. The molecule has 0 spiro atoms. The molecule has 0 saturated heterocycles. The summed E-state index contributed by atoms with van der Waals surface area (Å²) >= 11 is 0. The maximum atomic E-state index is 12.9. The van der Waals surface area contributed by atoms with Crippen LogP contribution in [-0.4, -0.2) is 42.4 Å². The zero-order valence-corrected chi connectivity index (χ0v) is 19.7. The van der Waals surface area contributed by atoms with Gasteiger partial charge < -0.3 is 25.7 Å². The first-order chi connectivity index (χ1) is 17.5. The molecule has 36 heavy (non-hydrogen) atoms. The third-order valence-corrected chi connectivity index (χ3v) is 6.46. The minimum Gasteiger partial charge on any atom is -0.497 e. The summed E-state index contributed by atoms with van der Waals surface area (Å²) < 4.78 is 5.30. The number of fused-ring (bicyclic) bond motifs is 2.